The number of nitrogens with zero attached hydrogens (tertiary/aromatic N) is 6. The van der Waals surface area contributed by atoms with E-state index in [1.165, 1.54) is 37.8 Å². The first-order chi connectivity index (χ1) is 15.8. The highest BCUT2D eigenvalue weighted by molar-refractivity contribution is 5.99. The van der Waals surface area contributed by atoms with Crippen LogP contribution in [-0.4, -0.2) is 42.2 Å². The van der Waals surface area contributed by atoms with Crippen molar-refractivity contribution in [2.24, 2.45) is 10.9 Å². The quantitative estimate of drug-likeness (QED) is 0.636. The van der Waals surface area contributed by atoms with E-state index in [9.17, 15) is 0 Å². The molecule has 1 saturated heterocycles. The topological polar surface area (TPSA) is 105 Å². The molecular weight excluding hydrogens is 400 g/mol. The van der Waals surface area contributed by atoms with Gasteiger partial charge in [-0.2, -0.15) is 0 Å². The number of allylic oxidation sites excluding steroid dienone is 1. The van der Waals surface area contributed by atoms with Crippen molar-refractivity contribution in [3.05, 3.63) is 48.7 Å². The molecule has 2 fully saturated rings. The molecule has 8 nitrogen and oxygen atoms in total. The molecule has 32 heavy (non-hydrogen) atoms. The van der Waals surface area contributed by atoms with Crippen molar-refractivity contribution in [3.63, 3.8) is 0 Å². The van der Waals surface area contributed by atoms with Gasteiger partial charge in [-0.3, -0.25) is 24.9 Å². The molecule has 3 aromatic rings. The molecule has 1 saturated carbocycles. The fourth-order valence-corrected chi connectivity index (χ4v) is 4.90. The molecule has 0 spiro atoms. The van der Waals surface area contributed by atoms with Gasteiger partial charge < -0.3 is 10.3 Å². The third-order valence-corrected chi connectivity index (χ3v) is 6.74. The van der Waals surface area contributed by atoms with Crippen LogP contribution in [0.25, 0.3) is 28.3 Å². The predicted octanol–water partition coefficient (Wildman–Crippen LogP) is 4.12. The van der Waals surface area contributed by atoms with Crippen LogP contribution in [0, 0.1) is 5.92 Å². The number of nitrogens with one attached hydrogen (secondary N) is 2. The first-order valence-electron chi connectivity index (χ1n) is 11.5. The maximum Gasteiger partial charge on any atom is 0.123 e. The van der Waals surface area contributed by atoms with E-state index >= 15 is 0 Å². The zero-order valence-corrected chi connectivity index (χ0v) is 18.0. The summed E-state index contributed by atoms with van der Waals surface area (Å²) in [6, 6.07) is 0.305. The zero-order chi connectivity index (χ0) is 21.3. The average Bonchev–Trinajstić information content (AvgIpc) is 3.66. The van der Waals surface area contributed by atoms with Crippen molar-refractivity contribution >= 4 is 11.3 Å². The largest absolute Gasteiger partial charge is 0.339 e. The first-order valence-corrected chi connectivity index (χ1v) is 11.5. The van der Waals surface area contributed by atoms with Gasteiger partial charge in [-0.05, 0) is 38.1 Å². The van der Waals surface area contributed by atoms with E-state index in [1.807, 2.05) is 18.6 Å². The molecule has 2 aliphatic heterocycles. The number of hydrogen-bond donors (Lipinski definition) is 2. The fraction of sp³-hybridized carbons (Fsp3) is 0.417. The minimum Gasteiger partial charge on any atom is -0.339 e. The molecule has 0 unspecified atom stereocenters. The van der Waals surface area contributed by atoms with Crippen molar-refractivity contribution < 1.29 is 0 Å². The Hall–Kier alpha value is -3.26. The van der Waals surface area contributed by atoms with Crippen molar-refractivity contribution in [2.45, 2.75) is 51.0 Å². The second-order valence-electron chi connectivity index (χ2n) is 8.84. The standard InChI is InChI=1S/C24H26N8/c1-2-5-15(4-1)18-8-16(9-26-18)19-10-28-20(11-27-19)21-12-30-22(13-29-21)23-14-31-24(32-23)17-6-3-7-25-17/h9-15,17,25H,1-8H2,(H,31,32)/t17-/m0/s1. The fourth-order valence-electron chi connectivity index (χ4n) is 4.90. The Balaban J connectivity index is 1.13. The highest BCUT2D eigenvalue weighted by Gasteiger charge is 2.25. The van der Waals surface area contributed by atoms with E-state index < -0.39 is 0 Å². The lowest BCUT2D eigenvalue weighted by Crippen LogP contribution is -2.14. The van der Waals surface area contributed by atoms with Crippen molar-refractivity contribution in [1.82, 2.24) is 35.2 Å². The number of imidazole rings is 1. The molecule has 162 valence electrons. The van der Waals surface area contributed by atoms with E-state index in [0.717, 1.165) is 47.9 Å². The number of aromatic nitrogens is 6. The van der Waals surface area contributed by atoms with E-state index in [0.29, 0.717) is 23.3 Å². The van der Waals surface area contributed by atoms with Crippen LogP contribution in [0.4, 0.5) is 0 Å². The lowest BCUT2D eigenvalue weighted by atomic mass is 9.96. The second-order valence-corrected chi connectivity index (χ2v) is 8.84. The predicted molar refractivity (Wildman–Crippen MR) is 123 cm³/mol. The summed E-state index contributed by atoms with van der Waals surface area (Å²) >= 11 is 0. The lowest BCUT2D eigenvalue weighted by Gasteiger charge is -2.09. The summed E-state index contributed by atoms with van der Waals surface area (Å²) in [5, 5.41) is 3.45. The Bertz CT molecular complexity index is 1150. The third-order valence-electron chi connectivity index (χ3n) is 6.74. The molecule has 2 N–H and O–H groups in total. The van der Waals surface area contributed by atoms with Gasteiger partial charge in [0.1, 0.15) is 22.9 Å². The molecule has 5 heterocycles. The van der Waals surface area contributed by atoms with Crippen LogP contribution in [0.15, 0.2) is 42.2 Å². The summed E-state index contributed by atoms with van der Waals surface area (Å²) in [4.78, 5) is 30.9. The molecule has 0 amide bonds. The zero-order valence-electron chi connectivity index (χ0n) is 18.0. The normalized spacial score (nSPS) is 21.2. The average molecular weight is 427 g/mol. The molecule has 3 aliphatic rings. The smallest absolute Gasteiger partial charge is 0.123 e. The molecule has 8 heteroatoms. The highest BCUT2D eigenvalue weighted by Crippen LogP contribution is 2.33. The van der Waals surface area contributed by atoms with Gasteiger partial charge in [-0.1, -0.05) is 12.8 Å². The van der Waals surface area contributed by atoms with Gasteiger partial charge in [-0.25, -0.2) is 4.98 Å². The summed E-state index contributed by atoms with van der Waals surface area (Å²) in [6.07, 6.45) is 19.3. The van der Waals surface area contributed by atoms with Gasteiger partial charge in [0.25, 0.3) is 0 Å². The van der Waals surface area contributed by atoms with Crippen molar-refractivity contribution in [2.75, 3.05) is 6.54 Å². The van der Waals surface area contributed by atoms with E-state index in [1.54, 1.807) is 18.6 Å². The second kappa shape index (κ2) is 8.35. The van der Waals surface area contributed by atoms with Gasteiger partial charge in [-0.15, -0.1) is 0 Å². The van der Waals surface area contributed by atoms with Crippen LogP contribution in [0.2, 0.25) is 0 Å². The molecule has 0 radical (unpaired) electrons. The summed E-state index contributed by atoms with van der Waals surface area (Å²) in [5.74, 6) is 1.62. The van der Waals surface area contributed by atoms with Gasteiger partial charge in [0.05, 0.1) is 48.4 Å². The minimum atomic E-state index is 0.305. The minimum absolute atomic E-state index is 0.305. The van der Waals surface area contributed by atoms with Crippen molar-refractivity contribution in [3.8, 4) is 22.8 Å². The molecule has 1 atom stereocenters. The monoisotopic (exact) mass is 426 g/mol. The lowest BCUT2D eigenvalue weighted by molar-refractivity contribution is 0.613. The summed E-state index contributed by atoms with van der Waals surface area (Å²) in [7, 11) is 0. The Labute approximate surface area is 186 Å². The Morgan fingerprint density at radius 2 is 1.44 bits per heavy atom. The van der Waals surface area contributed by atoms with Crippen LogP contribution in [-0.2, 0) is 0 Å². The van der Waals surface area contributed by atoms with E-state index in [2.05, 4.69) is 40.2 Å². The highest BCUT2D eigenvalue weighted by atomic mass is 15.0. The Morgan fingerprint density at radius 3 is 2.12 bits per heavy atom. The number of H-pyrrole nitrogens is 1. The summed E-state index contributed by atoms with van der Waals surface area (Å²) < 4.78 is 0. The van der Waals surface area contributed by atoms with Crippen LogP contribution in [0.3, 0.4) is 0 Å². The summed E-state index contributed by atoms with van der Waals surface area (Å²) in [5.41, 5.74) is 6.41. The number of hydrogen-bond acceptors (Lipinski definition) is 7. The van der Waals surface area contributed by atoms with Gasteiger partial charge in [0, 0.05) is 23.9 Å². The van der Waals surface area contributed by atoms with E-state index in [-0.39, 0.29) is 0 Å². The Kier molecular flexibility index (Phi) is 5.07. The number of aliphatic imine (C=N–C) groups is 1. The molecule has 1 aliphatic carbocycles. The maximum absolute atomic E-state index is 4.67. The van der Waals surface area contributed by atoms with Crippen LogP contribution in [0.5, 0.6) is 0 Å². The molecular formula is C24H26N8. The summed E-state index contributed by atoms with van der Waals surface area (Å²) in [6.45, 7) is 1.04. The molecule has 0 aromatic carbocycles. The van der Waals surface area contributed by atoms with Gasteiger partial charge >= 0.3 is 0 Å². The molecule has 0 bridgehead atoms. The van der Waals surface area contributed by atoms with Gasteiger partial charge in [0.15, 0.2) is 0 Å². The maximum atomic E-state index is 4.67. The first kappa shape index (κ1) is 19.4. The van der Waals surface area contributed by atoms with Crippen LogP contribution in [0.1, 0.15) is 62.5 Å². The third kappa shape index (κ3) is 3.75. The number of rotatable bonds is 5. The Morgan fingerprint density at radius 1 is 0.719 bits per heavy atom. The van der Waals surface area contributed by atoms with Crippen molar-refractivity contribution in [1.29, 1.82) is 0 Å². The number of aromatic amines is 1. The molecule has 6 rings (SSSR count). The molecule has 3 aromatic heterocycles. The van der Waals surface area contributed by atoms with Crippen LogP contribution >= 0.6 is 0 Å². The van der Waals surface area contributed by atoms with Gasteiger partial charge in [0.2, 0.25) is 0 Å². The van der Waals surface area contributed by atoms with E-state index in [4.69, 9.17) is 0 Å². The SMILES string of the molecule is C1=C(c2cnc(-c3cnc(-c4cnc([C@@H]5CCCN5)[nH]4)cn3)cn2)CC(C2CCCC2)=N1. The van der Waals surface area contributed by atoms with Crippen LogP contribution < -0.4 is 5.32 Å².